The topological polar surface area (TPSA) is 70.2 Å². The Kier molecular flexibility index (Phi) is 5.00. The molecule has 3 amide bonds. The fourth-order valence-electron chi connectivity index (χ4n) is 1.25. The van der Waals surface area contributed by atoms with Crippen molar-refractivity contribution >= 4 is 17.6 Å². The van der Waals surface area contributed by atoms with E-state index in [1.807, 2.05) is 24.3 Å². The lowest BCUT2D eigenvalue weighted by Crippen LogP contribution is -2.37. The summed E-state index contributed by atoms with van der Waals surface area (Å²) >= 11 is 0. The highest BCUT2D eigenvalue weighted by Crippen LogP contribution is 2.09. The lowest BCUT2D eigenvalue weighted by molar-refractivity contribution is -0.119. The Labute approximate surface area is 101 Å². The van der Waals surface area contributed by atoms with Gasteiger partial charge >= 0.3 is 6.03 Å². The van der Waals surface area contributed by atoms with Gasteiger partial charge in [0.25, 0.3) is 0 Å². The standard InChI is InChI=1S/C12H17N3O2/c1-3-9-4-6-10(7-5-9)15-12(17)14-8-11(16)13-2/h4-7H,3,8H2,1-2H3,(H,13,16)(H2,14,15,17). The number of amides is 3. The minimum atomic E-state index is -0.391. The normalized spacial score (nSPS) is 9.53. The average molecular weight is 235 g/mol. The van der Waals surface area contributed by atoms with Gasteiger partial charge in [-0.3, -0.25) is 4.79 Å². The minimum absolute atomic E-state index is 0.0324. The number of aryl methyl sites for hydroxylation is 1. The second kappa shape index (κ2) is 6.52. The third kappa shape index (κ3) is 4.55. The van der Waals surface area contributed by atoms with Gasteiger partial charge in [-0.05, 0) is 24.1 Å². The summed E-state index contributed by atoms with van der Waals surface area (Å²) in [5.74, 6) is -0.235. The molecule has 0 fully saturated rings. The number of benzene rings is 1. The number of urea groups is 1. The molecule has 1 aromatic carbocycles. The van der Waals surface area contributed by atoms with Crippen molar-refractivity contribution in [2.24, 2.45) is 0 Å². The van der Waals surface area contributed by atoms with Gasteiger partial charge in [-0.15, -0.1) is 0 Å². The Morgan fingerprint density at radius 3 is 2.35 bits per heavy atom. The maximum atomic E-state index is 11.4. The summed E-state index contributed by atoms with van der Waals surface area (Å²) in [6, 6.07) is 7.18. The molecule has 92 valence electrons. The molecule has 0 aliphatic heterocycles. The highest BCUT2D eigenvalue weighted by Gasteiger charge is 2.03. The van der Waals surface area contributed by atoms with Crippen molar-refractivity contribution in [1.82, 2.24) is 10.6 Å². The van der Waals surface area contributed by atoms with Gasteiger partial charge in [0.1, 0.15) is 0 Å². The predicted molar refractivity (Wildman–Crippen MR) is 66.9 cm³/mol. The van der Waals surface area contributed by atoms with Gasteiger partial charge in [-0.25, -0.2) is 4.79 Å². The molecule has 0 unspecified atom stereocenters. The molecule has 0 bridgehead atoms. The highest BCUT2D eigenvalue weighted by atomic mass is 16.2. The fraction of sp³-hybridized carbons (Fsp3) is 0.333. The number of rotatable bonds is 4. The second-order valence-electron chi connectivity index (χ2n) is 3.53. The van der Waals surface area contributed by atoms with Crippen LogP contribution in [0, 0.1) is 0 Å². The number of carbonyl (C=O) groups excluding carboxylic acids is 2. The van der Waals surface area contributed by atoms with Crippen LogP contribution in [0.1, 0.15) is 12.5 Å². The summed E-state index contributed by atoms with van der Waals surface area (Å²) in [5.41, 5.74) is 1.91. The molecule has 17 heavy (non-hydrogen) atoms. The zero-order valence-electron chi connectivity index (χ0n) is 10.0. The van der Waals surface area contributed by atoms with E-state index in [1.54, 1.807) is 0 Å². The van der Waals surface area contributed by atoms with Gasteiger partial charge in [0.15, 0.2) is 0 Å². The third-order valence-electron chi connectivity index (χ3n) is 2.31. The lowest BCUT2D eigenvalue weighted by atomic mass is 10.1. The van der Waals surface area contributed by atoms with E-state index in [4.69, 9.17) is 0 Å². The number of nitrogens with one attached hydrogen (secondary N) is 3. The van der Waals surface area contributed by atoms with Crippen molar-refractivity contribution in [3.05, 3.63) is 29.8 Å². The molecule has 0 spiro atoms. The molecule has 0 saturated carbocycles. The molecule has 3 N–H and O–H groups in total. The molecule has 0 aliphatic rings. The maximum Gasteiger partial charge on any atom is 0.319 e. The largest absolute Gasteiger partial charge is 0.358 e. The third-order valence-corrected chi connectivity index (χ3v) is 2.31. The highest BCUT2D eigenvalue weighted by molar-refractivity contribution is 5.92. The molecule has 0 saturated heterocycles. The van der Waals surface area contributed by atoms with E-state index in [-0.39, 0.29) is 12.5 Å². The summed E-state index contributed by atoms with van der Waals surface area (Å²) in [4.78, 5) is 22.3. The molecule has 5 heteroatoms. The number of anilines is 1. The van der Waals surface area contributed by atoms with Crippen molar-refractivity contribution in [3.63, 3.8) is 0 Å². The summed E-state index contributed by atoms with van der Waals surface area (Å²) in [5, 5.41) is 7.51. The summed E-state index contributed by atoms with van der Waals surface area (Å²) in [6.45, 7) is 2.04. The van der Waals surface area contributed by atoms with E-state index in [9.17, 15) is 9.59 Å². The first kappa shape index (κ1) is 13.0. The number of hydrogen-bond acceptors (Lipinski definition) is 2. The van der Waals surface area contributed by atoms with Crippen LogP contribution in [0.25, 0.3) is 0 Å². The minimum Gasteiger partial charge on any atom is -0.358 e. The van der Waals surface area contributed by atoms with Crippen LogP contribution in [0.5, 0.6) is 0 Å². The molecule has 0 aromatic heterocycles. The first-order chi connectivity index (χ1) is 8.15. The van der Waals surface area contributed by atoms with Gasteiger partial charge in [-0.2, -0.15) is 0 Å². The quantitative estimate of drug-likeness (QED) is 0.731. The molecule has 1 rings (SSSR count). The molecular weight excluding hydrogens is 218 g/mol. The fourth-order valence-corrected chi connectivity index (χ4v) is 1.25. The van der Waals surface area contributed by atoms with Crippen molar-refractivity contribution in [2.45, 2.75) is 13.3 Å². The molecule has 5 nitrogen and oxygen atoms in total. The van der Waals surface area contributed by atoms with Gasteiger partial charge in [-0.1, -0.05) is 19.1 Å². The van der Waals surface area contributed by atoms with Crippen LogP contribution in [0.3, 0.4) is 0 Å². The zero-order valence-corrected chi connectivity index (χ0v) is 10.0. The number of likely N-dealkylation sites (N-methyl/N-ethyl adjacent to an activating group) is 1. The van der Waals surface area contributed by atoms with Crippen LogP contribution in [-0.4, -0.2) is 25.5 Å². The van der Waals surface area contributed by atoms with Gasteiger partial charge < -0.3 is 16.0 Å². The monoisotopic (exact) mass is 235 g/mol. The zero-order chi connectivity index (χ0) is 12.7. The Morgan fingerprint density at radius 1 is 1.18 bits per heavy atom. The second-order valence-corrected chi connectivity index (χ2v) is 3.53. The molecule has 0 radical (unpaired) electrons. The summed E-state index contributed by atoms with van der Waals surface area (Å²) in [6.07, 6.45) is 0.961. The van der Waals surface area contributed by atoms with Crippen molar-refractivity contribution in [3.8, 4) is 0 Å². The first-order valence-electron chi connectivity index (χ1n) is 5.50. The van der Waals surface area contributed by atoms with Gasteiger partial charge in [0.2, 0.25) is 5.91 Å². The summed E-state index contributed by atoms with van der Waals surface area (Å²) in [7, 11) is 1.52. The smallest absolute Gasteiger partial charge is 0.319 e. The Bertz CT molecular complexity index is 387. The molecule has 0 aliphatic carbocycles. The van der Waals surface area contributed by atoms with E-state index >= 15 is 0 Å². The Balaban J connectivity index is 2.42. The lowest BCUT2D eigenvalue weighted by Gasteiger charge is -2.07. The predicted octanol–water partition coefficient (Wildman–Crippen LogP) is 1.12. The van der Waals surface area contributed by atoms with E-state index in [1.165, 1.54) is 12.6 Å². The number of hydrogen-bond donors (Lipinski definition) is 3. The van der Waals surface area contributed by atoms with Crippen LogP contribution >= 0.6 is 0 Å². The van der Waals surface area contributed by atoms with E-state index in [2.05, 4.69) is 22.9 Å². The molecule has 0 atom stereocenters. The van der Waals surface area contributed by atoms with Crippen molar-refractivity contribution < 1.29 is 9.59 Å². The molecular formula is C12H17N3O2. The van der Waals surface area contributed by atoms with Crippen LogP contribution in [0.4, 0.5) is 10.5 Å². The van der Waals surface area contributed by atoms with Gasteiger partial charge in [0, 0.05) is 12.7 Å². The van der Waals surface area contributed by atoms with Crippen LogP contribution in [-0.2, 0) is 11.2 Å². The van der Waals surface area contributed by atoms with Crippen molar-refractivity contribution in [2.75, 3.05) is 18.9 Å². The Morgan fingerprint density at radius 2 is 1.82 bits per heavy atom. The average Bonchev–Trinajstić information content (AvgIpc) is 2.36. The van der Waals surface area contributed by atoms with Crippen LogP contribution in [0.15, 0.2) is 24.3 Å². The van der Waals surface area contributed by atoms with E-state index in [0.717, 1.165) is 6.42 Å². The molecule has 0 heterocycles. The van der Waals surface area contributed by atoms with Crippen LogP contribution in [0.2, 0.25) is 0 Å². The first-order valence-corrected chi connectivity index (χ1v) is 5.50. The molecule has 1 aromatic rings. The van der Waals surface area contributed by atoms with E-state index in [0.29, 0.717) is 5.69 Å². The SMILES string of the molecule is CCc1ccc(NC(=O)NCC(=O)NC)cc1. The maximum absolute atomic E-state index is 11.4. The Hall–Kier alpha value is -2.04. The van der Waals surface area contributed by atoms with Crippen LogP contribution < -0.4 is 16.0 Å². The van der Waals surface area contributed by atoms with E-state index < -0.39 is 6.03 Å². The van der Waals surface area contributed by atoms with Gasteiger partial charge in [0.05, 0.1) is 6.54 Å². The summed E-state index contributed by atoms with van der Waals surface area (Å²) < 4.78 is 0. The number of carbonyl (C=O) groups is 2. The van der Waals surface area contributed by atoms with Crippen molar-refractivity contribution in [1.29, 1.82) is 0 Å².